The van der Waals surface area contributed by atoms with Gasteiger partial charge in [0.05, 0.1) is 25.4 Å². The molecule has 6 N–H and O–H groups in total. The highest BCUT2D eigenvalue weighted by molar-refractivity contribution is 7.80. The van der Waals surface area contributed by atoms with Gasteiger partial charge in [-0.1, -0.05) is 263 Å². The van der Waals surface area contributed by atoms with Gasteiger partial charge in [-0.15, -0.1) is 0 Å². The van der Waals surface area contributed by atoms with Crippen LogP contribution < -0.4 is 5.32 Å². The van der Waals surface area contributed by atoms with E-state index in [4.69, 9.17) is 9.47 Å². The fourth-order valence-corrected chi connectivity index (χ4v) is 10.4. The van der Waals surface area contributed by atoms with Crippen LogP contribution in [0.25, 0.3) is 0 Å². The summed E-state index contributed by atoms with van der Waals surface area (Å²) in [5.41, 5.74) is 0. The molecule has 1 heterocycles. The second-order valence-electron chi connectivity index (χ2n) is 21.3. The van der Waals surface area contributed by atoms with Crippen molar-refractivity contribution in [2.75, 3.05) is 13.2 Å². The second kappa shape index (κ2) is 49.2. The highest BCUT2D eigenvalue weighted by Gasteiger charge is 2.48. The topological polar surface area (TPSA) is 192 Å². The largest absolute Gasteiger partial charge is 0.397 e. The molecule has 7 atom stereocenters. The van der Waals surface area contributed by atoms with Crippen molar-refractivity contribution < 1.29 is 51.8 Å². The fourth-order valence-electron chi connectivity index (χ4n) is 9.85. The van der Waals surface area contributed by atoms with Gasteiger partial charge < -0.3 is 35.2 Å². The van der Waals surface area contributed by atoms with Gasteiger partial charge in [0.25, 0.3) is 0 Å². The van der Waals surface area contributed by atoms with Crippen LogP contribution in [0.15, 0.2) is 24.3 Å². The van der Waals surface area contributed by atoms with Crippen molar-refractivity contribution in [1.82, 2.24) is 5.32 Å². The molecule has 1 aliphatic rings. The van der Waals surface area contributed by atoms with E-state index in [-0.39, 0.29) is 12.5 Å². The number of rotatable bonds is 53. The van der Waals surface area contributed by atoms with E-state index in [2.05, 4.69) is 47.7 Å². The maximum absolute atomic E-state index is 13.1. The number of amides is 1. The maximum atomic E-state index is 13.1. The molecule has 0 aromatic rings. The maximum Gasteiger partial charge on any atom is 0.397 e. The van der Waals surface area contributed by atoms with Crippen molar-refractivity contribution in [2.24, 2.45) is 0 Å². The molecule has 1 amide bonds. The number of nitrogens with one attached hydrogen (secondary N) is 1. The first-order valence-corrected chi connectivity index (χ1v) is 31.6. The quantitative estimate of drug-likeness (QED) is 0.0193. The number of carbonyl (C=O) groups is 1. The number of aliphatic hydroxyl groups is 4. The van der Waals surface area contributed by atoms with Crippen LogP contribution in [0.5, 0.6) is 0 Å². The van der Waals surface area contributed by atoms with Crippen molar-refractivity contribution in [1.29, 1.82) is 0 Å². The molecule has 426 valence electrons. The van der Waals surface area contributed by atoms with Crippen LogP contribution in [0.3, 0.4) is 0 Å². The molecule has 72 heavy (non-hydrogen) atoms. The van der Waals surface area contributed by atoms with Gasteiger partial charge in [0.1, 0.15) is 24.4 Å². The summed E-state index contributed by atoms with van der Waals surface area (Å²) in [6.07, 6.45) is 52.1. The first kappa shape index (κ1) is 68.6. The molecule has 1 rings (SSSR count). The molecule has 7 unspecified atom stereocenters. The summed E-state index contributed by atoms with van der Waals surface area (Å²) in [5.74, 6) is -0.227. The SMILES string of the molecule is CCCCCCCCCCC/C=C\C/C=C\CCCCCCCCCCCCCCCCCCCC(=O)NC(COC1OC(CO)C(O)C(OS(=O)(=O)O)C1O)C(O)CCCCCCCCCCCCCC. The third-order valence-corrected chi connectivity index (χ3v) is 15.0. The van der Waals surface area contributed by atoms with Gasteiger partial charge in [0, 0.05) is 6.42 Å². The lowest BCUT2D eigenvalue weighted by atomic mass is 9.99. The number of unbranched alkanes of at least 4 members (excludes halogenated alkanes) is 37. The lowest BCUT2D eigenvalue weighted by Gasteiger charge is -2.41. The molecule has 1 fully saturated rings. The third-order valence-electron chi connectivity index (χ3n) is 14.5. The number of ether oxygens (including phenoxy) is 2. The van der Waals surface area contributed by atoms with Crippen LogP contribution in [0.1, 0.15) is 290 Å². The molecule has 0 radical (unpaired) electrons. The summed E-state index contributed by atoms with van der Waals surface area (Å²) < 4.78 is 47.8. The summed E-state index contributed by atoms with van der Waals surface area (Å²) >= 11 is 0. The first-order valence-electron chi connectivity index (χ1n) is 30.2. The predicted octanol–water partition coefficient (Wildman–Crippen LogP) is 14.4. The van der Waals surface area contributed by atoms with Crippen molar-refractivity contribution >= 4 is 16.3 Å². The molecule has 0 bridgehead atoms. The first-order chi connectivity index (χ1) is 35.0. The Hall–Kier alpha value is -1.42. The zero-order chi connectivity index (χ0) is 52.6. The molecular formula is C59H113NO11S. The van der Waals surface area contributed by atoms with Gasteiger partial charge in [0.2, 0.25) is 5.91 Å². The van der Waals surface area contributed by atoms with Crippen LogP contribution in [0.2, 0.25) is 0 Å². The minimum Gasteiger partial charge on any atom is -0.394 e. The number of aliphatic hydroxyl groups excluding tert-OH is 4. The minimum atomic E-state index is -5.08. The highest BCUT2D eigenvalue weighted by Crippen LogP contribution is 2.26. The summed E-state index contributed by atoms with van der Waals surface area (Å²) in [4.78, 5) is 13.1. The van der Waals surface area contributed by atoms with E-state index in [1.54, 1.807) is 0 Å². The average molecular weight is 1040 g/mol. The lowest BCUT2D eigenvalue weighted by molar-refractivity contribution is -0.298. The Morgan fingerprint density at radius 2 is 0.931 bits per heavy atom. The van der Waals surface area contributed by atoms with Gasteiger partial charge in [-0.05, 0) is 44.9 Å². The lowest BCUT2D eigenvalue weighted by Crippen LogP contribution is -2.61. The molecule has 0 aliphatic carbocycles. The number of carbonyl (C=O) groups excluding carboxylic acids is 1. The van der Waals surface area contributed by atoms with Gasteiger partial charge in [-0.25, -0.2) is 4.18 Å². The van der Waals surface area contributed by atoms with Crippen LogP contribution in [-0.4, -0.2) is 95.4 Å². The minimum absolute atomic E-state index is 0.227. The Balaban J connectivity index is 2.20. The molecule has 0 saturated carbocycles. The number of hydrogen-bond acceptors (Lipinski definition) is 10. The van der Waals surface area contributed by atoms with Crippen LogP contribution in [0.4, 0.5) is 0 Å². The van der Waals surface area contributed by atoms with E-state index >= 15 is 0 Å². The molecule has 12 nitrogen and oxygen atoms in total. The monoisotopic (exact) mass is 1040 g/mol. The van der Waals surface area contributed by atoms with Gasteiger partial charge in [0.15, 0.2) is 6.29 Å². The molecule has 1 saturated heterocycles. The van der Waals surface area contributed by atoms with Gasteiger partial charge in [-0.2, -0.15) is 8.42 Å². The molecule has 0 aromatic heterocycles. The van der Waals surface area contributed by atoms with E-state index < -0.39 is 59.9 Å². The van der Waals surface area contributed by atoms with E-state index in [1.165, 1.54) is 205 Å². The van der Waals surface area contributed by atoms with Gasteiger partial charge >= 0.3 is 10.4 Å². The summed E-state index contributed by atoms with van der Waals surface area (Å²) in [5, 5.41) is 45.0. The smallest absolute Gasteiger partial charge is 0.394 e. The number of allylic oxidation sites excluding steroid dienone is 4. The predicted molar refractivity (Wildman–Crippen MR) is 296 cm³/mol. The van der Waals surface area contributed by atoms with E-state index in [9.17, 15) is 38.2 Å². The van der Waals surface area contributed by atoms with Gasteiger partial charge in [-0.3, -0.25) is 9.35 Å². The summed E-state index contributed by atoms with van der Waals surface area (Å²) in [6.45, 7) is 3.47. The van der Waals surface area contributed by atoms with Crippen molar-refractivity contribution in [3.05, 3.63) is 24.3 Å². The van der Waals surface area contributed by atoms with E-state index in [0.717, 1.165) is 57.8 Å². The van der Waals surface area contributed by atoms with Crippen molar-refractivity contribution in [3.8, 4) is 0 Å². The molecule has 0 aromatic carbocycles. The second-order valence-corrected chi connectivity index (χ2v) is 22.3. The zero-order valence-corrected chi connectivity index (χ0v) is 47.1. The Labute approximate surface area is 442 Å². The zero-order valence-electron chi connectivity index (χ0n) is 46.3. The normalized spacial score (nSPS) is 19.5. The Morgan fingerprint density at radius 3 is 1.32 bits per heavy atom. The fraction of sp³-hybridized carbons (Fsp3) is 0.915. The van der Waals surface area contributed by atoms with Crippen LogP contribution in [0, 0.1) is 0 Å². The third kappa shape index (κ3) is 40.8. The van der Waals surface area contributed by atoms with Crippen LogP contribution in [-0.2, 0) is 28.9 Å². The Morgan fingerprint density at radius 1 is 0.556 bits per heavy atom. The standard InChI is InChI=1S/C59H113NO11S/c1-3-5-7-9-11-13-15-17-18-19-20-21-22-23-24-25-26-27-28-29-30-31-32-33-34-35-36-37-39-41-43-45-47-49-55(63)60-52(53(62)48-46-44-42-40-38-16-14-12-10-8-6-4-2)51-69-59-57(65)58(71-72(66,67)68)56(64)54(50-61)70-59/h20-21,23-24,52-54,56-59,61-62,64-65H,3-19,22,25-51H2,1-2H3,(H,60,63)(H,66,67,68)/b21-20-,24-23-. The molecule has 13 heteroatoms. The summed E-state index contributed by atoms with van der Waals surface area (Å²) in [7, 11) is -5.08. The van der Waals surface area contributed by atoms with Crippen LogP contribution >= 0.6 is 0 Å². The van der Waals surface area contributed by atoms with Crippen molar-refractivity contribution in [3.63, 3.8) is 0 Å². The van der Waals surface area contributed by atoms with E-state index in [1.807, 2.05) is 0 Å². The molecular weight excluding hydrogens is 931 g/mol. The Bertz CT molecular complexity index is 1370. The average Bonchev–Trinajstić information content (AvgIpc) is 3.36. The molecule has 1 aliphatic heterocycles. The summed E-state index contributed by atoms with van der Waals surface area (Å²) in [6, 6.07) is -0.855. The molecule has 0 spiro atoms. The van der Waals surface area contributed by atoms with E-state index in [0.29, 0.717) is 12.8 Å². The number of hydrogen-bond donors (Lipinski definition) is 6. The highest BCUT2D eigenvalue weighted by atomic mass is 32.3. The Kier molecular flexibility index (Phi) is 46.8. The van der Waals surface area contributed by atoms with Crippen molar-refractivity contribution in [2.45, 2.75) is 333 Å².